The summed E-state index contributed by atoms with van der Waals surface area (Å²) in [5.74, 6) is 0. The van der Waals surface area contributed by atoms with Gasteiger partial charge in [-0.25, -0.2) is 0 Å². The molecule has 2 nitrogen and oxygen atoms in total. The van der Waals surface area contributed by atoms with E-state index in [0.717, 1.165) is 13.0 Å². The molecule has 0 aromatic heterocycles. The van der Waals surface area contributed by atoms with Crippen LogP contribution in [0.3, 0.4) is 0 Å². The third kappa shape index (κ3) is 11.6. The first-order valence-electron chi connectivity index (χ1n) is 8.42. The Bertz CT molecular complexity index is 189. The van der Waals surface area contributed by atoms with Gasteiger partial charge >= 0.3 is 0 Å². The molecule has 0 amide bonds. The second kappa shape index (κ2) is 11.9. The summed E-state index contributed by atoms with van der Waals surface area (Å²) in [6, 6.07) is 1.31. The molecular formula is C16H37NOSi. The third-order valence-corrected chi connectivity index (χ3v) is 6.15. The van der Waals surface area contributed by atoms with E-state index in [9.17, 15) is 0 Å². The van der Waals surface area contributed by atoms with Gasteiger partial charge in [0.25, 0.3) is 0 Å². The van der Waals surface area contributed by atoms with E-state index in [4.69, 9.17) is 4.43 Å². The zero-order valence-corrected chi connectivity index (χ0v) is 15.1. The first kappa shape index (κ1) is 19.1. The number of nitrogens with zero attached hydrogens (tertiary/aromatic N) is 1. The van der Waals surface area contributed by atoms with Gasteiger partial charge in [-0.05, 0) is 64.5 Å². The minimum Gasteiger partial charge on any atom is -0.417 e. The molecular weight excluding hydrogens is 250 g/mol. The number of rotatable bonds is 13. The van der Waals surface area contributed by atoms with E-state index in [-0.39, 0.29) is 0 Å². The van der Waals surface area contributed by atoms with Gasteiger partial charge in [-0.15, -0.1) is 0 Å². The predicted octanol–water partition coefficient (Wildman–Crippen LogP) is 4.91. The maximum absolute atomic E-state index is 6.04. The molecule has 19 heavy (non-hydrogen) atoms. The van der Waals surface area contributed by atoms with E-state index >= 15 is 0 Å². The van der Waals surface area contributed by atoms with Crippen molar-refractivity contribution in [3.63, 3.8) is 0 Å². The molecule has 0 spiro atoms. The summed E-state index contributed by atoms with van der Waals surface area (Å²) < 4.78 is 6.04. The number of hydrogen-bond acceptors (Lipinski definition) is 2. The monoisotopic (exact) mass is 287 g/mol. The first-order chi connectivity index (χ1) is 9.05. The summed E-state index contributed by atoms with van der Waals surface area (Å²) >= 11 is 0. The molecule has 0 fully saturated rings. The lowest BCUT2D eigenvalue weighted by molar-refractivity contribution is 0.260. The van der Waals surface area contributed by atoms with Gasteiger partial charge in [-0.1, -0.05) is 33.6 Å². The third-order valence-electron chi connectivity index (χ3n) is 3.61. The Morgan fingerprint density at radius 1 is 0.789 bits per heavy atom. The molecule has 0 unspecified atom stereocenters. The summed E-state index contributed by atoms with van der Waals surface area (Å²) in [4.78, 5) is 2.66. The van der Waals surface area contributed by atoms with Crippen molar-refractivity contribution < 1.29 is 4.43 Å². The molecule has 0 aliphatic rings. The van der Waals surface area contributed by atoms with Crippen LogP contribution in [-0.2, 0) is 4.43 Å². The van der Waals surface area contributed by atoms with Crippen molar-refractivity contribution in [1.82, 2.24) is 4.90 Å². The second-order valence-corrected chi connectivity index (χ2v) is 10.6. The van der Waals surface area contributed by atoms with Gasteiger partial charge in [0.15, 0.2) is 8.32 Å². The smallest absolute Gasteiger partial charge is 0.186 e. The van der Waals surface area contributed by atoms with Crippen LogP contribution in [0.1, 0.15) is 59.3 Å². The van der Waals surface area contributed by atoms with Gasteiger partial charge in [-0.3, -0.25) is 0 Å². The van der Waals surface area contributed by atoms with Crippen LogP contribution >= 0.6 is 0 Å². The van der Waals surface area contributed by atoms with Crippen molar-refractivity contribution in [2.75, 3.05) is 26.2 Å². The molecule has 0 aliphatic carbocycles. The van der Waals surface area contributed by atoms with Crippen LogP contribution in [0.25, 0.3) is 0 Å². The zero-order valence-electron chi connectivity index (χ0n) is 14.1. The lowest BCUT2D eigenvalue weighted by Crippen LogP contribution is -2.33. The lowest BCUT2D eigenvalue weighted by Gasteiger charge is -2.26. The maximum atomic E-state index is 6.04. The van der Waals surface area contributed by atoms with Crippen LogP contribution in [0.4, 0.5) is 0 Å². The summed E-state index contributed by atoms with van der Waals surface area (Å²) in [5, 5.41) is 0. The molecule has 0 aromatic carbocycles. The number of hydrogen-bond donors (Lipinski definition) is 0. The standard InChI is InChI=1S/C16H37NOSi/c1-6-9-12-17(13-10-7-2)14-11-16-19(4,5)18-15-8-3/h6-16H2,1-5H3. The van der Waals surface area contributed by atoms with Crippen molar-refractivity contribution in [2.24, 2.45) is 0 Å². The summed E-state index contributed by atoms with van der Waals surface area (Å²) in [7, 11) is -1.38. The summed E-state index contributed by atoms with van der Waals surface area (Å²) in [6.07, 6.45) is 7.77. The van der Waals surface area contributed by atoms with Crippen LogP contribution in [0.15, 0.2) is 0 Å². The Balaban J connectivity index is 3.88. The van der Waals surface area contributed by atoms with Gasteiger partial charge in [0, 0.05) is 6.61 Å². The Labute approximate surface area is 123 Å². The minimum absolute atomic E-state index is 0.953. The van der Waals surface area contributed by atoms with Crippen molar-refractivity contribution in [3.8, 4) is 0 Å². The van der Waals surface area contributed by atoms with E-state index < -0.39 is 8.32 Å². The molecule has 116 valence electrons. The van der Waals surface area contributed by atoms with Gasteiger partial charge < -0.3 is 9.33 Å². The highest BCUT2D eigenvalue weighted by molar-refractivity contribution is 6.71. The average Bonchev–Trinajstić information content (AvgIpc) is 2.39. The highest BCUT2D eigenvalue weighted by Crippen LogP contribution is 2.15. The molecule has 0 saturated carbocycles. The molecule has 3 heteroatoms. The average molecular weight is 288 g/mol. The topological polar surface area (TPSA) is 12.5 Å². The molecule has 0 radical (unpaired) electrons. The Morgan fingerprint density at radius 2 is 1.32 bits per heavy atom. The fourth-order valence-electron chi connectivity index (χ4n) is 2.28. The maximum Gasteiger partial charge on any atom is 0.186 e. The zero-order chi connectivity index (χ0) is 14.6. The summed E-state index contributed by atoms with van der Waals surface area (Å²) in [5.41, 5.74) is 0. The van der Waals surface area contributed by atoms with Gasteiger partial charge in [0.05, 0.1) is 0 Å². The fourth-order valence-corrected chi connectivity index (χ4v) is 4.19. The minimum atomic E-state index is -1.38. The number of unbranched alkanes of at least 4 members (excludes halogenated alkanes) is 2. The van der Waals surface area contributed by atoms with Gasteiger partial charge in [0.1, 0.15) is 0 Å². The summed E-state index contributed by atoms with van der Waals surface area (Å²) in [6.45, 7) is 16.3. The molecule has 0 saturated heterocycles. The van der Waals surface area contributed by atoms with Crippen LogP contribution in [0, 0.1) is 0 Å². The molecule has 0 rings (SSSR count). The van der Waals surface area contributed by atoms with Gasteiger partial charge in [0.2, 0.25) is 0 Å². The van der Waals surface area contributed by atoms with E-state index in [2.05, 4.69) is 38.8 Å². The van der Waals surface area contributed by atoms with E-state index in [1.807, 2.05) is 0 Å². The van der Waals surface area contributed by atoms with E-state index in [0.29, 0.717) is 0 Å². The molecule has 0 atom stereocenters. The molecule has 0 heterocycles. The largest absolute Gasteiger partial charge is 0.417 e. The molecule has 0 bridgehead atoms. The Kier molecular flexibility index (Phi) is 12.0. The lowest BCUT2D eigenvalue weighted by atomic mass is 10.2. The van der Waals surface area contributed by atoms with Crippen LogP contribution in [0.5, 0.6) is 0 Å². The van der Waals surface area contributed by atoms with E-state index in [1.165, 1.54) is 57.8 Å². The Hall–Kier alpha value is 0.137. The second-order valence-electron chi connectivity index (χ2n) is 6.26. The van der Waals surface area contributed by atoms with Gasteiger partial charge in [-0.2, -0.15) is 0 Å². The quantitative estimate of drug-likeness (QED) is 0.446. The van der Waals surface area contributed by atoms with Crippen molar-refractivity contribution in [3.05, 3.63) is 0 Å². The predicted molar refractivity (Wildman–Crippen MR) is 89.4 cm³/mol. The SMILES string of the molecule is CCCCN(CCCC)CCC[Si](C)(C)OCCC. The van der Waals surface area contributed by atoms with Crippen molar-refractivity contribution in [1.29, 1.82) is 0 Å². The molecule has 0 aromatic rings. The van der Waals surface area contributed by atoms with Crippen LogP contribution in [-0.4, -0.2) is 39.5 Å². The van der Waals surface area contributed by atoms with E-state index in [1.54, 1.807) is 0 Å². The first-order valence-corrected chi connectivity index (χ1v) is 11.5. The van der Waals surface area contributed by atoms with Crippen LogP contribution < -0.4 is 0 Å². The molecule has 0 aliphatic heterocycles. The highest BCUT2D eigenvalue weighted by Gasteiger charge is 2.21. The van der Waals surface area contributed by atoms with Crippen molar-refractivity contribution in [2.45, 2.75) is 78.4 Å². The highest BCUT2D eigenvalue weighted by atomic mass is 28.4. The Morgan fingerprint density at radius 3 is 1.79 bits per heavy atom. The normalized spacial score (nSPS) is 12.3. The van der Waals surface area contributed by atoms with Crippen LogP contribution in [0.2, 0.25) is 19.1 Å². The fraction of sp³-hybridized carbons (Fsp3) is 1.00. The molecule has 0 N–H and O–H groups in total. The van der Waals surface area contributed by atoms with Crippen molar-refractivity contribution >= 4 is 8.32 Å².